The predicted molar refractivity (Wildman–Crippen MR) is 41.2 cm³/mol. The zero-order chi connectivity index (χ0) is 8.10. The van der Waals surface area contributed by atoms with Crippen LogP contribution >= 0.6 is 0 Å². The van der Waals surface area contributed by atoms with E-state index in [2.05, 4.69) is 0 Å². The Bertz CT molecular complexity index is 229. The number of hydrogen-bond donors (Lipinski definition) is 0. The minimum atomic E-state index is -0.464. The molecule has 0 atom stereocenters. The quantitative estimate of drug-likeness (QED) is 0.646. The Kier molecular flexibility index (Phi) is 2.66. The summed E-state index contributed by atoms with van der Waals surface area (Å²) in [6.07, 6.45) is 0. The third-order valence-corrected chi connectivity index (χ3v) is 1.12. The van der Waals surface area contributed by atoms with Gasteiger partial charge in [0, 0.05) is 6.92 Å². The molecule has 0 saturated carbocycles. The van der Waals surface area contributed by atoms with Gasteiger partial charge in [0.2, 0.25) is 0 Å². The van der Waals surface area contributed by atoms with Gasteiger partial charge >= 0.3 is 0 Å². The number of carbonyl (C=O) groups excluding carboxylic acids is 1. The van der Waals surface area contributed by atoms with E-state index >= 15 is 0 Å². The first-order chi connectivity index (χ1) is 5.29. The molecule has 0 aliphatic heterocycles. The number of ether oxygens (including phenoxy) is 1. The smallest absolute Gasteiger partial charge is 0.174 e. The van der Waals surface area contributed by atoms with Crippen LogP contribution in [0, 0.1) is 6.92 Å². The SMILES string of the molecule is [CH]C(=O)COc1ccccc1. The van der Waals surface area contributed by atoms with E-state index in [4.69, 9.17) is 11.7 Å². The molecule has 0 N–H and O–H groups in total. The molecule has 1 aromatic rings. The molecular weight excluding hydrogens is 140 g/mol. The van der Waals surface area contributed by atoms with E-state index in [1.54, 1.807) is 12.1 Å². The second-order valence-corrected chi connectivity index (χ2v) is 2.07. The summed E-state index contributed by atoms with van der Waals surface area (Å²) < 4.78 is 4.99. The van der Waals surface area contributed by atoms with Crippen molar-refractivity contribution in [2.24, 2.45) is 0 Å². The molecule has 0 amide bonds. The Morgan fingerprint density at radius 1 is 1.36 bits per heavy atom. The van der Waals surface area contributed by atoms with Crippen LogP contribution in [0.15, 0.2) is 30.3 Å². The molecule has 0 fully saturated rings. The van der Waals surface area contributed by atoms with Gasteiger partial charge in [-0.05, 0) is 12.1 Å². The molecule has 2 nitrogen and oxygen atoms in total. The molecule has 0 saturated heterocycles. The van der Waals surface area contributed by atoms with Crippen molar-refractivity contribution in [3.8, 4) is 5.75 Å². The van der Waals surface area contributed by atoms with E-state index in [1.165, 1.54) is 0 Å². The van der Waals surface area contributed by atoms with E-state index in [9.17, 15) is 4.79 Å². The van der Waals surface area contributed by atoms with Gasteiger partial charge in [-0.25, -0.2) is 0 Å². The third kappa shape index (κ3) is 2.85. The molecule has 0 heterocycles. The Hall–Kier alpha value is -1.31. The van der Waals surface area contributed by atoms with Crippen LogP contribution in [-0.4, -0.2) is 12.4 Å². The lowest BCUT2D eigenvalue weighted by Gasteiger charge is -2.01. The van der Waals surface area contributed by atoms with Crippen molar-refractivity contribution in [2.45, 2.75) is 0 Å². The van der Waals surface area contributed by atoms with Gasteiger partial charge in [-0.3, -0.25) is 4.79 Å². The average molecular weight is 148 g/mol. The Morgan fingerprint density at radius 2 is 2.00 bits per heavy atom. The summed E-state index contributed by atoms with van der Waals surface area (Å²) in [6.45, 7) is 4.81. The lowest BCUT2D eigenvalue weighted by atomic mass is 10.3. The monoisotopic (exact) mass is 148 g/mol. The molecule has 0 aromatic heterocycles. The van der Waals surface area contributed by atoms with Crippen LogP contribution in [0.1, 0.15) is 0 Å². The zero-order valence-corrected chi connectivity index (χ0v) is 5.99. The highest BCUT2D eigenvalue weighted by Gasteiger charge is 1.93. The van der Waals surface area contributed by atoms with E-state index in [0.29, 0.717) is 5.75 Å². The van der Waals surface area contributed by atoms with Gasteiger partial charge in [-0.15, -0.1) is 0 Å². The lowest BCUT2D eigenvalue weighted by Crippen LogP contribution is -2.06. The molecule has 0 bridgehead atoms. The fraction of sp³-hybridized carbons (Fsp3) is 0.111. The van der Waals surface area contributed by atoms with Crippen molar-refractivity contribution in [2.75, 3.05) is 6.61 Å². The standard InChI is InChI=1S/C9H8O2/c1-8(10)7-11-9-5-3-2-4-6-9/h1-6H,7H2. The molecule has 2 radical (unpaired) electrons. The fourth-order valence-corrected chi connectivity index (χ4v) is 0.671. The van der Waals surface area contributed by atoms with Gasteiger partial charge < -0.3 is 4.74 Å². The molecule has 2 heteroatoms. The Morgan fingerprint density at radius 3 is 2.55 bits per heavy atom. The minimum absolute atomic E-state index is 0.0655. The number of rotatable bonds is 3. The number of hydrogen-bond acceptors (Lipinski definition) is 2. The van der Waals surface area contributed by atoms with Crippen LogP contribution in [0.4, 0.5) is 0 Å². The van der Waals surface area contributed by atoms with Gasteiger partial charge in [0.15, 0.2) is 5.78 Å². The number of ketones is 1. The summed E-state index contributed by atoms with van der Waals surface area (Å²) in [4.78, 5) is 10.3. The molecule has 0 aliphatic rings. The minimum Gasteiger partial charge on any atom is -0.486 e. The van der Waals surface area contributed by atoms with Crippen LogP contribution in [0.5, 0.6) is 5.75 Å². The van der Waals surface area contributed by atoms with E-state index in [0.717, 1.165) is 0 Å². The molecule has 11 heavy (non-hydrogen) atoms. The van der Waals surface area contributed by atoms with Crippen molar-refractivity contribution in [1.82, 2.24) is 0 Å². The summed E-state index contributed by atoms with van der Waals surface area (Å²) in [7, 11) is 0. The van der Waals surface area contributed by atoms with E-state index in [1.807, 2.05) is 18.2 Å². The highest BCUT2D eigenvalue weighted by molar-refractivity contribution is 5.83. The van der Waals surface area contributed by atoms with Crippen molar-refractivity contribution < 1.29 is 9.53 Å². The van der Waals surface area contributed by atoms with Crippen LogP contribution < -0.4 is 4.74 Å². The fourth-order valence-electron chi connectivity index (χ4n) is 0.671. The van der Waals surface area contributed by atoms with Gasteiger partial charge in [0.05, 0.1) is 0 Å². The summed E-state index contributed by atoms with van der Waals surface area (Å²) >= 11 is 0. The summed E-state index contributed by atoms with van der Waals surface area (Å²) in [5.41, 5.74) is 0. The first kappa shape index (κ1) is 7.79. The molecular formula is C9H8O2. The van der Waals surface area contributed by atoms with Gasteiger partial charge in [-0.2, -0.15) is 0 Å². The molecule has 1 aromatic carbocycles. The van der Waals surface area contributed by atoms with Crippen LogP contribution in [0.3, 0.4) is 0 Å². The number of Topliss-reactive ketones (excluding diaryl/α,β-unsaturated/α-hetero) is 1. The second-order valence-electron chi connectivity index (χ2n) is 2.07. The molecule has 0 unspecified atom stereocenters. The predicted octanol–water partition coefficient (Wildman–Crippen LogP) is 1.35. The van der Waals surface area contributed by atoms with Crippen molar-refractivity contribution in [3.05, 3.63) is 37.3 Å². The van der Waals surface area contributed by atoms with Crippen molar-refractivity contribution in [1.29, 1.82) is 0 Å². The van der Waals surface area contributed by atoms with Crippen molar-refractivity contribution >= 4 is 5.78 Å². The maximum absolute atomic E-state index is 10.3. The van der Waals surface area contributed by atoms with E-state index < -0.39 is 5.78 Å². The maximum atomic E-state index is 10.3. The van der Waals surface area contributed by atoms with Gasteiger partial charge in [0.25, 0.3) is 0 Å². The Labute approximate surface area is 65.8 Å². The van der Waals surface area contributed by atoms with Crippen LogP contribution in [-0.2, 0) is 4.79 Å². The third-order valence-electron chi connectivity index (χ3n) is 1.12. The Balaban J connectivity index is 2.45. The number of benzene rings is 1. The topological polar surface area (TPSA) is 26.3 Å². The second kappa shape index (κ2) is 3.76. The lowest BCUT2D eigenvalue weighted by molar-refractivity contribution is -0.116. The normalized spacial score (nSPS) is 9.18. The maximum Gasteiger partial charge on any atom is 0.174 e. The first-order valence-electron chi connectivity index (χ1n) is 3.25. The summed E-state index contributed by atoms with van der Waals surface area (Å²) in [6, 6.07) is 9.07. The summed E-state index contributed by atoms with van der Waals surface area (Å²) in [5.74, 6) is 0.195. The van der Waals surface area contributed by atoms with Crippen molar-refractivity contribution in [3.63, 3.8) is 0 Å². The highest BCUT2D eigenvalue weighted by Crippen LogP contribution is 2.07. The number of para-hydroxylation sites is 1. The molecule has 1 rings (SSSR count). The average Bonchev–Trinajstić information content (AvgIpc) is 2.03. The molecule has 0 aliphatic carbocycles. The van der Waals surface area contributed by atoms with Crippen LogP contribution in [0.25, 0.3) is 0 Å². The van der Waals surface area contributed by atoms with Gasteiger partial charge in [0.1, 0.15) is 12.4 Å². The molecule has 0 spiro atoms. The van der Waals surface area contributed by atoms with Gasteiger partial charge in [-0.1, -0.05) is 18.2 Å². The zero-order valence-electron chi connectivity index (χ0n) is 5.99. The van der Waals surface area contributed by atoms with Crippen LogP contribution in [0.2, 0.25) is 0 Å². The van der Waals surface area contributed by atoms with E-state index in [-0.39, 0.29) is 6.61 Å². The first-order valence-corrected chi connectivity index (χ1v) is 3.25. The largest absolute Gasteiger partial charge is 0.486 e. The number of carbonyl (C=O) groups is 1. The highest BCUT2D eigenvalue weighted by atomic mass is 16.5. The molecule has 56 valence electrons. The summed E-state index contributed by atoms with van der Waals surface area (Å²) in [5, 5.41) is 0.